The van der Waals surface area contributed by atoms with E-state index in [1.807, 2.05) is 48.5 Å². The second kappa shape index (κ2) is 7.59. The molecule has 0 aromatic heterocycles. The third-order valence-corrected chi connectivity index (χ3v) is 5.06. The van der Waals surface area contributed by atoms with Crippen molar-refractivity contribution in [2.45, 2.75) is 30.7 Å². The van der Waals surface area contributed by atoms with Crippen LogP contribution in [0.2, 0.25) is 0 Å². The van der Waals surface area contributed by atoms with Gasteiger partial charge >= 0.3 is 0 Å². The molecule has 0 bridgehead atoms. The van der Waals surface area contributed by atoms with Crippen LogP contribution >= 0.6 is 11.9 Å². The van der Waals surface area contributed by atoms with E-state index >= 15 is 0 Å². The van der Waals surface area contributed by atoms with Gasteiger partial charge in [-0.3, -0.25) is 10.0 Å². The minimum Gasteiger partial charge on any atom is -0.494 e. The molecule has 1 aliphatic heterocycles. The number of nitrogens with zero attached hydrogens (tertiary/aromatic N) is 1. The van der Waals surface area contributed by atoms with Crippen molar-refractivity contribution in [3.05, 3.63) is 54.1 Å². The van der Waals surface area contributed by atoms with Crippen molar-refractivity contribution in [2.75, 3.05) is 10.9 Å². The summed E-state index contributed by atoms with van der Waals surface area (Å²) >= 11 is 1.60. The predicted octanol–water partition coefficient (Wildman–Crippen LogP) is 3.94. The average molecular weight is 344 g/mol. The quantitative estimate of drug-likeness (QED) is 0.472. The minimum absolute atomic E-state index is 0.124. The number of fused-ring (bicyclic) bond motifs is 1. The van der Waals surface area contributed by atoms with Crippen LogP contribution in [0.3, 0.4) is 0 Å². The third-order valence-electron chi connectivity index (χ3n) is 3.83. The Balaban J connectivity index is 1.84. The van der Waals surface area contributed by atoms with Crippen molar-refractivity contribution in [1.82, 2.24) is 5.48 Å². The van der Waals surface area contributed by atoms with Crippen molar-refractivity contribution in [3.8, 4) is 5.75 Å². The van der Waals surface area contributed by atoms with Crippen LogP contribution in [0.4, 0.5) is 5.69 Å². The summed E-state index contributed by atoms with van der Waals surface area (Å²) in [5.74, 6) is 0.442. The molecular weight excluding hydrogens is 324 g/mol. The molecular formula is C18H20N2O3S. The molecule has 0 saturated heterocycles. The molecule has 3 rings (SSSR count). The van der Waals surface area contributed by atoms with Crippen LogP contribution in [-0.2, 0) is 4.79 Å². The smallest absolute Gasteiger partial charge is 0.245 e. The fourth-order valence-electron chi connectivity index (χ4n) is 2.69. The first kappa shape index (κ1) is 16.7. The second-order valence-electron chi connectivity index (χ2n) is 5.55. The van der Waals surface area contributed by atoms with Crippen molar-refractivity contribution < 1.29 is 14.7 Å². The van der Waals surface area contributed by atoms with Gasteiger partial charge in [-0.2, -0.15) is 0 Å². The van der Waals surface area contributed by atoms with Gasteiger partial charge in [0.1, 0.15) is 5.75 Å². The highest BCUT2D eigenvalue weighted by Gasteiger charge is 2.33. The van der Waals surface area contributed by atoms with Gasteiger partial charge in [0.25, 0.3) is 0 Å². The van der Waals surface area contributed by atoms with Gasteiger partial charge in [-0.15, -0.1) is 0 Å². The Labute approximate surface area is 145 Å². The normalized spacial score (nSPS) is 15.9. The van der Waals surface area contributed by atoms with E-state index in [0.29, 0.717) is 6.61 Å². The predicted molar refractivity (Wildman–Crippen MR) is 94.3 cm³/mol. The minimum atomic E-state index is -0.398. The number of ether oxygens (including phenoxy) is 1. The molecule has 24 heavy (non-hydrogen) atoms. The van der Waals surface area contributed by atoms with Crippen LogP contribution in [0, 0.1) is 0 Å². The Hall–Kier alpha value is -2.18. The molecule has 0 aliphatic carbocycles. The molecule has 5 nitrogen and oxygen atoms in total. The van der Waals surface area contributed by atoms with E-state index in [9.17, 15) is 4.79 Å². The van der Waals surface area contributed by atoms with Crippen molar-refractivity contribution in [1.29, 1.82) is 0 Å². The largest absolute Gasteiger partial charge is 0.494 e. The van der Waals surface area contributed by atoms with Crippen LogP contribution in [0.1, 0.15) is 31.4 Å². The summed E-state index contributed by atoms with van der Waals surface area (Å²) in [6.07, 6.45) is 1.16. The van der Waals surface area contributed by atoms with Gasteiger partial charge in [-0.25, -0.2) is 5.48 Å². The first-order valence-corrected chi connectivity index (χ1v) is 8.72. The summed E-state index contributed by atoms with van der Waals surface area (Å²) in [5, 5.41) is 8.88. The van der Waals surface area contributed by atoms with E-state index in [0.717, 1.165) is 28.3 Å². The molecule has 2 aromatic rings. The maximum atomic E-state index is 11.7. The zero-order valence-corrected chi connectivity index (χ0v) is 14.3. The zero-order chi connectivity index (χ0) is 16.9. The van der Waals surface area contributed by atoms with E-state index in [4.69, 9.17) is 9.94 Å². The standard InChI is InChI=1S/C18H20N2O3S/c1-2-11-23-14-9-7-13(8-10-14)20-16(12-18(21)19-22)15-5-3-4-6-17(15)24-20/h3-10,16,22H,2,11-12H2,1H3,(H,19,21). The lowest BCUT2D eigenvalue weighted by Gasteiger charge is -2.25. The SMILES string of the molecule is CCCOc1ccc(N2Sc3ccccc3C2CC(=O)NO)cc1. The van der Waals surface area contributed by atoms with Gasteiger partial charge in [0, 0.05) is 10.6 Å². The van der Waals surface area contributed by atoms with Gasteiger partial charge in [0.05, 0.1) is 19.1 Å². The number of hydroxylamine groups is 1. The number of carbonyl (C=O) groups excluding carboxylic acids is 1. The lowest BCUT2D eigenvalue weighted by atomic mass is 10.0. The molecule has 1 atom stereocenters. The van der Waals surface area contributed by atoms with E-state index in [2.05, 4.69) is 11.2 Å². The number of anilines is 1. The summed E-state index contributed by atoms with van der Waals surface area (Å²) in [4.78, 5) is 12.8. The van der Waals surface area contributed by atoms with Gasteiger partial charge in [-0.05, 0) is 54.3 Å². The Morgan fingerprint density at radius 2 is 2.00 bits per heavy atom. The highest BCUT2D eigenvalue weighted by Crippen LogP contribution is 2.48. The second-order valence-corrected chi connectivity index (χ2v) is 6.57. The summed E-state index contributed by atoms with van der Waals surface area (Å²) < 4.78 is 7.72. The Bertz CT molecular complexity index is 706. The van der Waals surface area contributed by atoms with Crippen LogP contribution in [-0.4, -0.2) is 17.7 Å². The average Bonchev–Trinajstić information content (AvgIpc) is 2.99. The molecule has 0 fully saturated rings. The number of amides is 1. The molecule has 126 valence electrons. The van der Waals surface area contributed by atoms with Crippen molar-refractivity contribution in [3.63, 3.8) is 0 Å². The van der Waals surface area contributed by atoms with Crippen molar-refractivity contribution >= 4 is 23.5 Å². The summed E-state index contributed by atoms with van der Waals surface area (Å²) in [7, 11) is 0. The van der Waals surface area contributed by atoms with E-state index in [-0.39, 0.29) is 12.5 Å². The lowest BCUT2D eigenvalue weighted by Crippen LogP contribution is -2.26. The van der Waals surface area contributed by atoms with Crippen LogP contribution in [0.25, 0.3) is 0 Å². The molecule has 1 unspecified atom stereocenters. The number of hydrogen-bond acceptors (Lipinski definition) is 5. The zero-order valence-electron chi connectivity index (χ0n) is 13.4. The fourth-order valence-corrected chi connectivity index (χ4v) is 3.89. The number of benzene rings is 2. The monoisotopic (exact) mass is 344 g/mol. The Morgan fingerprint density at radius 3 is 2.71 bits per heavy atom. The third kappa shape index (κ3) is 3.49. The number of carbonyl (C=O) groups is 1. The Kier molecular flexibility index (Phi) is 5.27. The van der Waals surface area contributed by atoms with Gasteiger partial charge < -0.3 is 9.04 Å². The summed E-state index contributed by atoms with van der Waals surface area (Å²) in [6.45, 7) is 2.77. The fraction of sp³-hybridized carbons (Fsp3) is 0.278. The molecule has 2 N–H and O–H groups in total. The molecule has 1 amide bonds. The molecule has 2 aromatic carbocycles. The number of hydrogen-bond donors (Lipinski definition) is 2. The van der Waals surface area contributed by atoms with Crippen LogP contribution in [0.5, 0.6) is 5.75 Å². The topological polar surface area (TPSA) is 61.8 Å². The molecule has 1 heterocycles. The molecule has 0 saturated carbocycles. The maximum Gasteiger partial charge on any atom is 0.245 e. The first-order chi connectivity index (χ1) is 11.7. The van der Waals surface area contributed by atoms with Gasteiger partial charge in [0.2, 0.25) is 5.91 Å². The summed E-state index contributed by atoms with van der Waals surface area (Å²) in [5.41, 5.74) is 3.82. The van der Waals surface area contributed by atoms with Gasteiger partial charge in [0.15, 0.2) is 0 Å². The number of nitrogens with one attached hydrogen (secondary N) is 1. The highest BCUT2D eigenvalue weighted by atomic mass is 32.2. The van der Waals surface area contributed by atoms with Gasteiger partial charge in [-0.1, -0.05) is 25.1 Å². The molecule has 0 spiro atoms. The summed E-state index contributed by atoms with van der Waals surface area (Å²) in [6, 6.07) is 15.8. The molecule has 1 aliphatic rings. The van der Waals surface area contributed by atoms with Crippen molar-refractivity contribution in [2.24, 2.45) is 0 Å². The lowest BCUT2D eigenvalue weighted by molar-refractivity contribution is -0.129. The van der Waals surface area contributed by atoms with E-state index in [1.165, 1.54) is 0 Å². The number of rotatable bonds is 6. The molecule has 6 heteroatoms. The van der Waals surface area contributed by atoms with Crippen LogP contribution in [0.15, 0.2) is 53.4 Å². The van der Waals surface area contributed by atoms with Crippen LogP contribution < -0.4 is 14.5 Å². The highest BCUT2D eigenvalue weighted by molar-refractivity contribution is 8.01. The molecule has 0 radical (unpaired) electrons. The Morgan fingerprint density at radius 1 is 1.25 bits per heavy atom. The maximum absolute atomic E-state index is 11.7. The van der Waals surface area contributed by atoms with E-state index < -0.39 is 5.91 Å². The van der Waals surface area contributed by atoms with E-state index in [1.54, 1.807) is 17.4 Å². The first-order valence-electron chi connectivity index (χ1n) is 7.95.